The SMILES string of the molecule is CC(C)(C)OC(=O)N1CCC(=O)CC1.CC(C)(C)OC(=O)N1CCC(NC[C@H](O)COc2ccccc2Cl)CC1.CC[C@@H]1CO1.CO.Clc1ccccc1OC[C@@H]1CO1.N.NC[C@H](O)COc1ccccc1Cl.NCl.O=C1CCC(c2ccc(OCC(=O)N3CCC(NC[C@H](O)COc4ccccc4Cl)CC3)c(Cl)c2)=NN1.OC[C@@H]1CO1.O[C@@H](CNC1CCNCC1)COc1ccccc1Cl.Oc1ccccc1Cl. The average Bonchev–Trinajstić information content (AvgIpc) is 1.82. The van der Waals surface area contributed by atoms with E-state index in [0.29, 0.717) is 167 Å². The minimum Gasteiger partial charge on any atom is -0.506 e. The fourth-order valence-electron chi connectivity index (χ4n) is 12.9. The lowest BCUT2D eigenvalue weighted by atomic mass is 10.0. The lowest BCUT2D eigenvalue weighted by Gasteiger charge is -2.34. The van der Waals surface area contributed by atoms with E-state index in [1.54, 1.807) is 99.6 Å². The fourth-order valence-corrected chi connectivity index (χ4v) is 14.2. The molecule has 19 N–H and O–H groups in total. The van der Waals surface area contributed by atoms with Crippen LogP contribution < -0.4 is 72.3 Å². The summed E-state index contributed by atoms with van der Waals surface area (Å²) in [4.78, 5) is 63.5. The van der Waals surface area contributed by atoms with Gasteiger partial charge in [-0.1, -0.05) is 161 Å². The number of aliphatic hydroxyl groups excluding tert-OH is 6. The minimum atomic E-state index is -0.676. The molecule has 0 radical (unpaired) electrons. The summed E-state index contributed by atoms with van der Waals surface area (Å²) in [5, 5.41) is 88.2. The van der Waals surface area contributed by atoms with E-state index >= 15 is 0 Å². The minimum absolute atomic E-state index is 0. The van der Waals surface area contributed by atoms with Crippen LogP contribution in [0.3, 0.4) is 0 Å². The molecule has 8 aliphatic rings. The second kappa shape index (κ2) is 72.1. The van der Waals surface area contributed by atoms with Gasteiger partial charge in [0.25, 0.3) is 5.91 Å². The third-order valence-corrected chi connectivity index (χ3v) is 23.3. The van der Waals surface area contributed by atoms with Gasteiger partial charge in [-0.05, 0) is 208 Å². The molecule has 7 atom stereocenters. The summed E-state index contributed by atoms with van der Waals surface area (Å²) in [6.45, 7) is 24.4. The number of nitrogens with one attached hydrogen (secondary N) is 5. The van der Waals surface area contributed by atoms with Gasteiger partial charge in [0.1, 0.15) is 127 Å². The number of aromatic hydroxyl groups is 1. The molecule has 0 bridgehead atoms. The number of phenols is 1. The van der Waals surface area contributed by atoms with E-state index in [1.165, 1.54) is 6.42 Å². The van der Waals surface area contributed by atoms with Crippen LogP contribution in [0.25, 0.3) is 0 Å². The van der Waals surface area contributed by atoms with Gasteiger partial charge in [-0.15, -0.1) is 0 Å². The molecule has 15 rings (SSSR count). The normalized spacial score (nSPS) is 17.5. The van der Waals surface area contributed by atoms with E-state index in [0.717, 1.165) is 95.6 Å². The number of piperidine rings is 4. The Morgan fingerprint density at radius 1 is 0.465 bits per heavy atom. The second-order valence-electron chi connectivity index (χ2n) is 35.1. The van der Waals surface area contributed by atoms with Crippen LogP contribution in [-0.2, 0) is 38.1 Å². The van der Waals surface area contributed by atoms with E-state index in [2.05, 4.69) is 60.5 Å². The lowest BCUT2D eigenvalue weighted by Crippen LogP contribution is -2.48. The highest BCUT2D eigenvalue weighted by Gasteiger charge is 2.31. The Morgan fingerprint density at radius 2 is 0.819 bits per heavy atom. The summed E-state index contributed by atoms with van der Waals surface area (Å²) in [5.41, 5.74) is 8.30. The number of halogens is 8. The molecule has 7 saturated heterocycles. The standard InChI is InChI=1S/C26H30Cl2N4O5.C19H29ClN2O4.C14H21ClN2O2.C10H17NO3.C9H12ClNO2.C9H9ClO2.C6H5ClO.C4H8O.C3H6O2.CH4O.ClH2N.H3N/c27-20-3-1-2-4-23(20)36-15-19(33)14-29-18-9-11-32(12-10-18)26(35)16-37-24-7-5-17(13-21(24)28)22-6-8-25(34)31-30-22;1-19(2,3)26-18(24)22-10-8-14(9-11-22)21-12-15(23)13-25-17-7-5-4-6-16(17)20;15-13-3-1-2-4-14(13)19-10-12(18)9-17-11-5-7-16-8-6-11;1-10(2,3)14-9(13)11-6-4-8(12)5-7-11;10-8-3-1-2-4-9(8)13-6-7(12)5-11;10-8-3-1-2-4-9(8)12-6-7-5-11-7;7-5-3-1-2-4-6(5)8;1-2-4-3-5-4;4-1-3-2-5-3;2*1-2;/h1-5,7,13,18-19,29,33H,6,8-12,14-16H2,(H,31,34);4-7,14-15,21,23H,8-13H2,1-3H3;1-4,11-12,16-18H,5-10H2;4-7H2,1-3H3;1-4,7,12H,5-6,11H2;1-4,7H,5-6H2;1-4,8H;4H,2-3H2,1H3;3-4H,1-2H2;2H,1H3;2H2;1H3/t19-;15-;12-;;2*7-;;4-;3-;;;/m000.00.11.../s1. The third kappa shape index (κ3) is 56.1. The van der Waals surface area contributed by atoms with Crippen LogP contribution in [0.1, 0.15) is 125 Å². The predicted octanol–water partition coefficient (Wildman–Crippen LogP) is 14.3. The van der Waals surface area contributed by atoms with Gasteiger partial charge < -0.3 is 136 Å². The van der Waals surface area contributed by atoms with Gasteiger partial charge in [0.15, 0.2) is 6.61 Å². The molecular formula is C101H146Cl8N12O23. The summed E-state index contributed by atoms with van der Waals surface area (Å²) in [7, 11) is 1.00. The molecule has 35 nitrogen and oxygen atoms in total. The highest BCUT2D eigenvalue weighted by atomic mass is 35.5. The number of nitrogens with zero attached hydrogens (tertiary/aromatic N) is 4. The molecular weight excluding hydrogens is 2030 g/mol. The van der Waals surface area contributed by atoms with E-state index in [-0.39, 0.29) is 112 Å². The first-order valence-electron chi connectivity index (χ1n) is 47.3. The van der Waals surface area contributed by atoms with E-state index < -0.39 is 35.6 Å². The number of amides is 4. The molecule has 7 aromatic carbocycles. The van der Waals surface area contributed by atoms with Crippen molar-refractivity contribution in [3.05, 3.63) is 205 Å². The van der Waals surface area contributed by atoms with Crippen molar-refractivity contribution in [1.29, 1.82) is 0 Å². The molecule has 4 amide bonds. The van der Waals surface area contributed by atoms with Gasteiger partial charge in [-0.2, -0.15) is 5.10 Å². The third-order valence-electron chi connectivity index (χ3n) is 21.1. The Labute approximate surface area is 885 Å². The van der Waals surface area contributed by atoms with Gasteiger partial charge in [-0.3, -0.25) is 14.4 Å². The van der Waals surface area contributed by atoms with E-state index in [9.17, 15) is 39.3 Å². The Morgan fingerprint density at radius 3 is 1.14 bits per heavy atom. The summed E-state index contributed by atoms with van der Waals surface area (Å²) in [5.74, 6) is 3.59. The number of ether oxygens (including phenoxy) is 11. The maximum absolute atomic E-state index is 12.7. The van der Waals surface area contributed by atoms with Gasteiger partial charge in [0, 0.05) is 116 Å². The van der Waals surface area contributed by atoms with Gasteiger partial charge in [0.2, 0.25) is 5.91 Å². The van der Waals surface area contributed by atoms with Crippen LogP contribution in [0.4, 0.5) is 9.59 Å². The number of likely N-dealkylation sites (tertiary alicyclic amines) is 3. The molecule has 43 heteroatoms. The zero-order chi connectivity index (χ0) is 105. The fraction of sp³-hybridized carbons (Fsp3) is 0.525. The number of benzene rings is 7. The Kier molecular flexibility index (Phi) is 64.0. The maximum Gasteiger partial charge on any atom is 0.410 e. The highest BCUT2D eigenvalue weighted by molar-refractivity contribution is 6.34. The lowest BCUT2D eigenvalue weighted by molar-refractivity contribution is -0.134. The zero-order valence-electron chi connectivity index (χ0n) is 83.0. The molecule has 7 aromatic rings. The predicted molar refractivity (Wildman–Crippen MR) is 564 cm³/mol. The van der Waals surface area contributed by atoms with Crippen LogP contribution in [0, 0.1) is 0 Å². The molecule has 0 aromatic heterocycles. The Balaban J connectivity index is 0.000000357. The monoisotopic (exact) mass is 2170 g/mol. The van der Waals surface area contributed by atoms with Gasteiger partial charge >= 0.3 is 12.2 Å². The number of epoxide rings is 3. The van der Waals surface area contributed by atoms with Crippen LogP contribution in [0.15, 0.2) is 169 Å². The molecule has 0 aliphatic carbocycles. The summed E-state index contributed by atoms with van der Waals surface area (Å²) in [6, 6.07) is 49.0. The largest absolute Gasteiger partial charge is 0.506 e. The van der Waals surface area contributed by atoms with E-state index in [4.69, 9.17) is 155 Å². The molecule has 0 spiro atoms. The van der Waals surface area contributed by atoms with Crippen molar-refractivity contribution in [2.45, 2.75) is 191 Å². The van der Waals surface area contributed by atoms with Crippen molar-refractivity contribution in [2.24, 2.45) is 16.1 Å². The number of hydrogen-bond acceptors (Lipinski definition) is 31. The maximum atomic E-state index is 12.7. The topological polar surface area (TPSA) is 508 Å². The number of phenolic OH excluding ortho intramolecular Hbond substituents is 1. The highest BCUT2D eigenvalue weighted by Crippen LogP contribution is 2.32. The number of Topliss-reactive ketones (excluding diaryl/α,β-unsaturated/α-hetero) is 1. The van der Waals surface area contributed by atoms with Crippen molar-refractivity contribution in [3.63, 3.8) is 0 Å². The number of aliphatic hydroxyl groups is 6. The molecule has 0 saturated carbocycles. The zero-order valence-corrected chi connectivity index (χ0v) is 89.1. The molecule has 804 valence electrons. The van der Waals surface area contributed by atoms with Crippen molar-refractivity contribution < 1.29 is 112 Å². The van der Waals surface area contributed by atoms with Gasteiger partial charge in [-0.25, -0.2) is 20.3 Å². The Bertz CT molecular complexity index is 4760. The quantitative estimate of drug-likeness (QED) is 0.0142. The molecule has 0 unspecified atom stereocenters. The number of carbonyl (C=O) groups excluding carboxylic acids is 5. The summed E-state index contributed by atoms with van der Waals surface area (Å²) in [6.07, 6.45) is 6.52. The van der Waals surface area contributed by atoms with Crippen molar-refractivity contribution in [3.8, 4) is 40.2 Å². The molecule has 8 heterocycles. The average molecular weight is 2180 g/mol. The van der Waals surface area contributed by atoms with Crippen molar-refractivity contribution >= 4 is 128 Å². The first-order valence-corrected chi connectivity index (χ1v) is 50.4. The number of carbonyl (C=O) groups is 5. The van der Waals surface area contributed by atoms with Crippen LogP contribution in [-0.4, -0.2) is 310 Å². The molecule has 7 fully saturated rings. The van der Waals surface area contributed by atoms with Crippen LogP contribution in [0.2, 0.25) is 35.2 Å². The first kappa shape index (κ1) is 128. The van der Waals surface area contributed by atoms with Gasteiger partial charge in [0.05, 0.1) is 73.4 Å². The number of para-hydroxylation sites is 6. The first-order chi connectivity index (χ1) is 68.5. The van der Waals surface area contributed by atoms with E-state index in [1.807, 2.05) is 120 Å². The molecule has 144 heavy (non-hydrogen) atoms. The number of rotatable bonds is 31. The Hall–Kier alpha value is -8.36. The smallest absolute Gasteiger partial charge is 0.410 e. The van der Waals surface area contributed by atoms with Crippen molar-refractivity contribution in [1.82, 2.24) is 47.5 Å². The van der Waals surface area contributed by atoms with Crippen LogP contribution >= 0.6 is 93.0 Å². The molecule has 8 aliphatic heterocycles. The summed E-state index contributed by atoms with van der Waals surface area (Å²) < 4.78 is 58.0. The number of hydrogen-bond donors (Lipinski definition) is 15. The number of hydrazone groups is 1. The summed E-state index contributed by atoms with van der Waals surface area (Å²) >= 11 is 45.7. The van der Waals surface area contributed by atoms with Crippen LogP contribution in [0.5, 0.6) is 40.2 Å². The van der Waals surface area contributed by atoms with Crippen molar-refractivity contribution in [2.75, 3.05) is 152 Å². The second-order valence-corrected chi connectivity index (χ2v) is 38.0. The number of nitrogens with two attached hydrogens (primary N) is 2. The number of ketones is 1.